The standard InChI is InChI=1S/C19H23ClN2O2S2.C16H16Cl2N2O2S.C15H15ClN2O2S2.ClH/c1-11(2)25-17-15(26-14-10-8-7-9-13(14)20)12(3)21-16(22-17)18(23)24-19(4,5)6;1-9-12(23-11-8-6-5-7-10(11)17)13(18)20-14(19-9)15(21)22-16(2,3)4;1-8(2)21-14-12(9(3)17-13(18-14)15(19)20)22-11-7-5-4-6-10(11)16;/h7-11H,1-6H3;5-8H,1-4H3;4-8H,1-3H3,(H,19,20);1H. The molecule has 3 heterocycles. The maximum Gasteiger partial charge on any atom is 0.376 e. The molecular weight excluding hydrogens is 1120 g/mol. The first-order chi connectivity index (χ1) is 33.1. The molecule has 0 bridgehead atoms. The van der Waals surface area contributed by atoms with Crippen molar-refractivity contribution in [1.82, 2.24) is 29.9 Å². The summed E-state index contributed by atoms with van der Waals surface area (Å²) in [5, 5.41) is 13.3. The monoisotopic (exact) mass is 1170 g/mol. The highest BCUT2D eigenvalue weighted by atomic mass is 35.5. The highest BCUT2D eigenvalue weighted by Gasteiger charge is 2.26. The Morgan fingerprint density at radius 2 is 0.806 bits per heavy atom. The molecule has 12 nitrogen and oxygen atoms in total. The molecule has 0 atom stereocenters. The molecule has 0 aliphatic rings. The maximum atomic E-state index is 12.4. The number of thioether (sulfide) groups is 2. The molecule has 0 spiro atoms. The largest absolute Gasteiger partial charge is 0.475 e. The Hall–Kier alpha value is -3.49. The molecular formula is C50H55Cl5N6O6S5. The normalized spacial score (nSPS) is 11.2. The second-order valence-electron chi connectivity index (χ2n) is 17.5. The second kappa shape index (κ2) is 28.4. The number of nitrogens with zero attached hydrogens (tertiary/aromatic N) is 6. The van der Waals surface area contributed by atoms with Crippen LogP contribution in [0, 0.1) is 20.8 Å². The minimum Gasteiger partial charge on any atom is -0.475 e. The van der Waals surface area contributed by atoms with Crippen LogP contribution in [0.4, 0.5) is 0 Å². The van der Waals surface area contributed by atoms with E-state index in [1.54, 1.807) is 52.4 Å². The maximum absolute atomic E-state index is 12.4. The SMILES string of the molecule is Cc1nc(C(=O)O)nc(SC(C)C)c1Sc1ccccc1Cl.Cc1nc(C(=O)OC(C)(C)C)nc(Cl)c1Sc1ccccc1Cl.Cc1nc(C(=O)OC(C)(C)C)nc(SC(C)C)c1Sc1ccccc1Cl.Cl. The number of aryl methyl sites for hydroxylation is 3. The van der Waals surface area contributed by atoms with Crippen LogP contribution in [0.1, 0.15) is 118 Å². The van der Waals surface area contributed by atoms with Gasteiger partial charge in [-0.05, 0) is 98.7 Å². The molecule has 0 radical (unpaired) electrons. The molecule has 6 rings (SSSR count). The van der Waals surface area contributed by atoms with Crippen LogP contribution < -0.4 is 0 Å². The molecule has 6 aromatic rings. The number of carboxylic acid groups (broad SMARTS) is 1. The number of hydrogen-bond acceptors (Lipinski definition) is 16. The van der Waals surface area contributed by atoms with Gasteiger partial charge in [-0.3, -0.25) is 0 Å². The van der Waals surface area contributed by atoms with E-state index in [0.29, 0.717) is 41.6 Å². The van der Waals surface area contributed by atoms with E-state index >= 15 is 0 Å². The Kier molecular flexibility index (Phi) is 24.8. The third-order valence-electron chi connectivity index (χ3n) is 8.20. The summed E-state index contributed by atoms with van der Waals surface area (Å²) in [7, 11) is 0. The minimum absolute atomic E-state index is 0. The molecule has 0 saturated carbocycles. The van der Waals surface area contributed by atoms with Crippen LogP contribution in [0.5, 0.6) is 0 Å². The van der Waals surface area contributed by atoms with Gasteiger partial charge in [0.05, 0.1) is 46.8 Å². The molecule has 0 saturated heterocycles. The number of rotatable bonds is 13. The van der Waals surface area contributed by atoms with E-state index in [4.69, 9.17) is 61.0 Å². The topological polar surface area (TPSA) is 167 Å². The van der Waals surface area contributed by atoms with Gasteiger partial charge in [-0.2, -0.15) is 0 Å². The van der Waals surface area contributed by atoms with Gasteiger partial charge in [0.1, 0.15) is 26.4 Å². The number of carbonyl (C=O) groups excluding carboxylic acids is 2. The summed E-state index contributed by atoms with van der Waals surface area (Å²) in [5.74, 6) is -2.38. The van der Waals surface area contributed by atoms with Gasteiger partial charge in [0.15, 0.2) is 0 Å². The van der Waals surface area contributed by atoms with Crippen molar-refractivity contribution in [3.8, 4) is 0 Å². The predicted octanol–water partition coefficient (Wildman–Crippen LogP) is 16.5. The van der Waals surface area contributed by atoms with Crippen LogP contribution >= 0.6 is 118 Å². The van der Waals surface area contributed by atoms with Crippen molar-refractivity contribution >= 4 is 136 Å². The molecule has 1 N–H and O–H groups in total. The number of hydrogen-bond donors (Lipinski definition) is 1. The molecule has 0 amide bonds. The van der Waals surface area contributed by atoms with E-state index in [0.717, 1.165) is 35.2 Å². The van der Waals surface area contributed by atoms with Crippen molar-refractivity contribution in [1.29, 1.82) is 0 Å². The van der Waals surface area contributed by atoms with Crippen LogP contribution in [0.3, 0.4) is 0 Å². The van der Waals surface area contributed by atoms with Gasteiger partial charge in [0.2, 0.25) is 17.5 Å². The van der Waals surface area contributed by atoms with Gasteiger partial charge in [-0.15, -0.1) is 35.9 Å². The summed E-state index contributed by atoms with van der Waals surface area (Å²) < 4.78 is 10.7. The third-order valence-corrected chi connectivity index (χ3v) is 16.0. The Balaban J connectivity index is 0.000000284. The van der Waals surface area contributed by atoms with E-state index in [1.807, 2.05) is 108 Å². The van der Waals surface area contributed by atoms with Gasteiger partial charge in [0, 0.05) is 25.2 Å². The van der Waals surface area contributed by atoms with Gasteiger partial charge >= 0.3 is 17.9 Å². The highest BCUT2D eigenvalue weighted by Crippen LogP contribution is 2.42. The fourth-order valence-electron chi connectivity index (χ4n) is 5.40. The summed E-state index contributed by atoms with van der Waals surface area (Å²) in [6.07, 6.45) is 0. The summed E-state index contributed by atoms with van der Waals surface area (Å²) in [5.41, 5.74) is 0.751. The second-order valence-corrected chi connectivity index (χ2v) is 25.4. The number of carbonyl (C=O) groups is 3. The van der Waals surface area contributed by atoms with Crippen LogP contribution in [-0.4, -0.2) is 74.6 Å². The molecule has 0 aliphatic heterocycles. The zero-order valence-electron chi connectivity index (χ0n) is 41.7. The third kappa shape index (κ3) is 20.0. The van der Waals surface area contributed by atoms with E-state index in [-0.39, 0.29) is 40.3 Å². The Morgan fingerprint density at radius 3 is 1.12 bits per heavy atom. The number of aromatic carboxylic acids is 1. The van der Waals surface area contributed by atoms with Crippen LogP contribution in [0.2, 0.25) is 20.2 Å². The zero-order chi connectivity index (χ0) is 53.0. The fraction of sp³-hybridized carbons (Fsp3) is 0.340. The lowest BCUT2D eigenvalue weighted by atomic mass is 10.2. The molecule has 3 aromatic carbocycles. The summed E-state index contributed by atoms with van der Waals surface area (Å²) >= 11 is 32.3. The van der Waals surface area contributed by atoms with Crippen molar-refractivity contribution in [3.05, 3.63) is 128 Å². The summed E-state index contributed by atoms with van der Waals surface area (Å²) in [6, 6.07) is 22.6. The number of carboxylic acids is 1. The predicted molar refractivity (Wildman–Crippen MR) is 299 cm³/mol. The quantitative estimate of drug-likeness (QED) is 0.0658. The summed E-state index contributed by atoms with van der Waals surface area (Å²) in [6.45, 7) is 24.5. The molecule has 0 unspecified atom stereocenters. The van der Waals surface area contributed by atoms with Crippen molar-refractivity contribution in [2.24, 2.45) is 0 Å². The van der Waals surface area contributed by atoms with Gasteiger partial charge in [-0.25, -0.2) is 44.3 Å². The Labute approximate surface area is 469 Å². The molecule has 386 valence electrons. The number of aromatic nitrogens is 6. The lowest BCUT2D eigenvalue weighted by Gasteiger charge is -2.20. The smallest absolute Gasteiger partial charge is 0.376 e. The van der Waals surface area contributed by atoms with Crippen molar-refractivity contribution in [2.75, 3.05) is 0 Å². The summed E-state index contributed by atoms with van der Waals surface area (Å²) in [4.78, 5) is 66.1. The lowest BCUT2D eigenvalue weighted by molar-refractivity contribution is 0.00424. The van der Waals surface area contributed by atoms with Crippen molar-refractivity contribution < 1.29 is 29.0 Å². The fourth-order valence-corrected chi connectivity index (χ4v) is 11.3. The van der Waals surface area contributed by atoms with E-state index in [9.17, 15) is 14.4 Å². The number of esters is 2. The zero-order valence-corrected chi connectivity index (χ0v) is 49.6. The number of benzene rings is 3. The molecule has 3 aromatic heterocycles. The van der Waals surface area contributed by atoms with E-state index in [1.165, 1.54) is 47.0 Å². The first-order valence-corrected chi connectivity index (χ1v) is 27.5. The van der Waals surface area contributed by atoms with Crippen LogP contribution in [0.25, 0.3) is 0 Å². The minimum atomic E-state index is -1.12. The molecule has 22 heteroatoms. The number of halogens is 5. The number of ether oxygens (including phenoxy) is 2. The molecule has 0 fully saturated rings. The Bertz CT molecular complexity index is 2850. The molecule has 0 aliphatic carbocycles. The van der Waals surface area contributed by atoms with Crippen LogP contribution in [0.15, 0.2) is 112 Å². The van der Waals surface area contributed by atoms with E-state index in [2.05, 4.69) is 43.8 Å². The van der Waals surface area contributed by atoms with Crippen molar-refractivity contribution in [2.45, 2.75) is 151 Å². The lowest BCUT2D eigenvalue weighted by Crippen LogP contribution is -2.25. The Morgan fingerprint density at radius 1 is 0.500 bits per heavy atom. The van der Waals surface area contributed by atoms with Crippen LogP contribution in [-0.2, 0) is 9.47 Å². The van der Waals surface area contributed by atoms with E-state index < -0.39 is 29.1 Å². The van der Waals surface area contributed by atoms with Gasteiger partial charge in [-0.1, -0.05) is 146 Å². The molecule has 72 heavy (non-hydrogen) atoms. The first kappa shape index (κ1) is 62.8. The van der Waals surface area contributed by atoms with Gasteiger partial charge < -0.3 is 14.6 Å². The average Bonchev–Trinajstić information content (AvgIpc) is 3.25. The van der Waals surface area contributed by atoms with Gasteiger partial charge in [0.25, 0.3) is 0 Å². The average molecular weight is 1170 g/mol. The first-order valence-electron chi connectivity index (χ1n) is 21.7. The highest BCUT2D eigenvalue weighted by molar-refractivity contribution is 8.03. The van der Waals surface area contributed by atoms with Crippen molar-refractivity contribution in [3.63, 3.8) is 0 Å².